The molecule has 3 aliphatic rings. The number of nitrogens with zero attached hydrogens (tertiary/aromatic N) is 4. The normalized spacial score (nSPS) is 17.1. The summed E-state index contributed by atoms with van der Waals surface area (Å²) < 4.78 is 18.7. The fourth-order valence-electron chi connectivity index (χ4n) is 4.11. The van der Waals surface area contributed by atoms with Gasteiger partial charge in [0.05, 0.1) is 22.7 Å². The van der Waals surface area contributed by atoms with Crippen molar-refractivity contribution >= 4 is 23.0 Å². The molecule has 0 N–H and O–H groups in total. The van der Waals surface area contributed by atoms with Crippen LogP contribution in [-0.4, -0.2) is 46.7 Å². The molecule has 0 aromatic carbocycles. The van der Waals surface area contributed by atoms with Crippen molar-refractivity contribution in [3.05, 3.63) is 64.4 Å². The van der Waals surface area contributed by atoms with Gasteiger partial charge in [0.25, 0.3) is 5.91 Å². The van der Waals surface area contributed by atoms with E-state index < -0.39 is 0 Å². The molecule has 8 heteroatoms. The van der Waals surface area contributed by atoms with Crippen molar-refractivity contribution < 1.29 is 13.9 Å². The van der Waals surface area contributed by atoms with Gasteiger partial charge in [-0.2, -0.15) is 0 Å². The van der Waals surface area contributed by atoms with Gasteiger partial charge >= 0.3 is 0 Å². The Morgan fingerprint density at radius 2 is 2.15 bits per heavy atom. The van der Waals surface area contributed by atoms with Gasteiger partial charge in [-0.15, -0.1) is 11.3 Å². The maximum absolute atomic E-state index is 13.7. The summed E-state index contributed by atoms with van der Waals surface area (Å²) in [6, 6.07) is 3.70. The summed E-state index contributed by atoms with van der Waals surface area (Å²) in [5, 5.41) is 0.841. The van der Waals surface area contributed by atoms with E-state index in [9.17, 15) is 9.18 Å². The van der Waals surface area contributed by atoms with Crippen molar-refractivity contribution in [2.45, 2.75) is 32.6 Å². The first-order valence-corrected chi connectivity index (χ1v) is 11.9. The lowest BCUT2D eigenvalue weighted by Crippen LogP contribution is -2.34. The first kappa shape index (κ1) is 21.7. The van der Waals surface area contributed by atoms with Gasteiger partial charge in [-0.25, -0.2) is 14.4 Å². The SMILES string of the molecule is COc1ccc(-c2sc(C)nc2C(=O)N(CCC2=CN=C3CC(F)=CC=C23)CC2CC2)cn1. The van der Waals surface area contributed by atoms with Gasteiger partial charge in [0, 0.05) is 49.1 Å². The van der Waals surface area contributed by atoms with Crippen molar-refractivity contribution in [2.24, 2.45) is 10.9 Å². The molecule has 6 nitrogen and oxygen atoms in total. The van der Waals surface area contributed by atoms with Crippen LogP contribution in [0.1, 0.15) is 41.2 Å². The van der Waals surface area contributed by atoms with Gasteiger partial charge in [-0.1, -0.05) is 6.08 Å². The number of hydrogen-bond donors (Lipinski definition) is 0. The molecular weight excluding hydrogens is 439 g/mol. The van der Waals surface area contributed by atoms with Crippen LogP contribution in [0.3, 0.4) is 0 Å². The van der Waals surface area contributed by atoms with E-state index in [1.807, 2.05) is 24.1 Å². The Morgan fingerprint density at radius 3 is 2.88 bits per heavy atom. The van der Waals surface area contributed by atoms with Crippen LogP contribution in [0.2, 0.25) is 0 Å². The quantitative estimate of drug-likeness (QED) is 0.533. The Morgan fingerprint density at radius 1 is 1.30 bits per heavy atom. The number of amides is 1. The van der Waals surface area contributed by atoms with Gasteiger partial charge in [0.1, 0.15) is 11.5 Å². The molecule has 0 bridgehead atoms. The molecule has 1 saturated carbocycles. The number of aromatic nitrogens is 2. The van der Waals surface area contributed by atoms with Crippen LogP contribution in [0.25, 0.3) is 10.4 Å². The lowest BCUT2D eigenvalue weighted by molar-refractivity contribution is 0.0745. The number of pyridine rings is 1. The molecule has 2 aromatic rings. The van der Waals surface area contributed by atoms with Crippen LogP contribution >= 0.6 is 11.3 Å². The molecule has 33 heavy (non-hydrogen) atoms. The Bertz CT molecular complexity index is 1210. The van der Waals surface area contributed by atoms with Crippen molar-refractivity contribution in [3.63, 3.8) is 0 Å². The van der Waals surface area contributed by atoms with E-state index in [-0.39, 0.29) is 18.2 Å². The lowest BCUT2D eigenvalue weighted by atomic mass is 9.95. The maximum atomic E-state index is 13.7. The Labute approximate surface area is 196 Å². The molecular formula is C25H25FN4O2S. The monoisotopic (exact) mass is 464 g/mol. The van der Waals surface area contributed by atoms with Crippen LogP contribution in [0.5, 0.6) is 5.88 Å². The molecule has 5 rings (SSSR count). The second-order valence-corrected chi connectivity index (χ2v) is 9.75. The van der Waals surface area contributed by atoms with E-state index in [1.54, 1.807) is 25.4 Å². The number of allylic oxidation sites excluding steroid dienone is 4. The average Bonchev–Trinajstić information content (AvgIpc) is 3.43. The number of rotatable bonds is 8. The lowest BCUT2D eigenvalue weighted by Gasteiger charge is -2.23. The molecule has 1 fully saturated rings. The number of thiazole rings is 1. The van der Waals surface area contributed by atoms with Gasteiger partial charge in [-0.3, -0.25) is 9.79 Å². The van der Waals surface area contributed by atoms with Crippen molar-refractivity contribution in [2.75, 3.05) is 20.2 Å². The highest BCUT2D eigenvalue weighted by molar-refractivity contribution is 7.15. The second-order valence-electron chi connectivity index (χ2n) is 8.55. The van der Waals surface area contributed by atoms with Crippen LogP contribution in [0.4, 0.5) is 4.39 Å². The van der Waals surface area contributed by atoms with E-state index >= 15 is 0 Å². The molecule has 2 aromatic heterocycles. The van der Waals surface area contributed by atoms with Crippen molar-refractivity contribution in [1.29, 1.82) is 0 Å². The number of aliphatic imine (C=N–C) groups is 1. The highest BCUT2D eigenvalue weighted by Gasteiger charge is 2.31. The summed E-state index contributed by atoms with van der Waals surface area (Å²) in [5.74, 6) is 0.856. The predicted molar refractivity (Wildman–Crippen MR) is 127 cm³/mol. The zero-order valence-electron chi connectivity index (χ0n) is 18.7. The Balaban J connectivity index is 1.36. The number of halogens is 1. The van der Waals surface area contributed by atoms with Crippen molar-refractivity contribution in [3.8, 4) is 16.3 Å². The Hall–Kier alpha value is -3.13. The minimum atomic E-state index is -0.169. The molecule has 1 aliphatic heterocycles. The molecule has 1 amide bonds. The highest BCUT2D eigenvalue weighted by atomic mass is 32.1. The summed E-state index contributed by atoms with van der Waals surface area (Å²) in [7, 11) is 1.58. The minimum Gasteiger partial charge on any atom is -0.481 e. The smallest absolute Gasteiger partial charge is 0.274 e. The maximum Gasteiger partial charge on any atom is 0.274 e. The van der Waals surface area contributed by atoms with Crippen molar-refractivity contribution in [1.82, 2.24) is 14.9 Å². The van der Waals surface area contributed by atoms with E-state index in [4.69, 9.17) is 4.74 Å². The number of ether oxygens (including phenoxy) is 1. The van der Waals surface area contributed by atoms with E-state index in [2.05, 4.69) is 15.0 Å². The molecule has 0 radical (unpaired) electrons. The van der Waals surface area contributed by atoms with Crippen LogP contribution in [0.15, 0.2) is 58.6 Å². The molecule has 3 heterocycles. The van der Waals surface area contributed by atoms with E-state index in [1.165, 1.54) is 17.4 Å². The summed E-state index contributed by atoms with van der Waals surface area (Å²) in [6.45, 7) is 3.21. The highest BCUT2D eigenvalue weighted by Crippen LogP contribution is 2.35. The largest absolute Gasteiger partial charge is 0.481 e. The Kier molecular flexibility index (Phi) is 5.93. The fourth-order valence-corrected chi connectivity index (χ4v) is 5.01. The minimum absolute atomic E-state index is 0.0552. The molecule has 0 atom stereocenters. The van der Waals surface area contributed by atoms with Crippen LogP contribution in [0, 0.1) is 12.8 Å². The van der Waals surface area contributed by atoms with E-state index in [0.29, 0.717) is 30.5 Å². The number of hydrogen-bond acceptors (Lipinski definition) is 6. The topological polar surface area (TPSA) is 67.7 Å². The first-order chi connectivity index (χ1) is 16.0. The van der Waals surface area contributed by atoms with Gasteiger partial charge < -0.3 is 9.64 Å². The fraction of sp³-hybridized carbons (Fsp3) is 0.360. The second kappa shape index (κ2) is 9.02. The zero-order valence-corrected chi connectivity index (χ0v) is 19.5. The van der Waals surface area contributed by atoms with Gasteiger partial charge in [-0.05, 0) is 49.8 Å². The molecule has 2 aliphatic carbocycles. The summed E-state index contributed by atoms with van der Waals surface area (Å²) in [6.07, 6.45) is 10.1. The number of aryl methyl sites for hydroxylation is 1. The predicted octanol–water partition coefficient (Wildman–Crippen LogP) is 5.29. The first-order valence-electron chi connectivity index (χ1n) is 11.1. The summed E-state index contributed by atoms with van der Waals surface area (Å²) in [4.78, 5) is 29.7. The number of methoxy groups -OCH3 is 1. The number of fused-ring (bicyclic) bond motifs is 1. The van der Waals surface area contributed by atoms with Crippen LogP contribution < -0.4 is 4.74 Å². The molecule has 0 unspecified atom stereocenters. The standard InChI is InChI=1S/C25H25FN4O2S/c1-15-29-23(24(33-15)18-5-8-22(32-2)28-13-18)25(31)30(14-16-3-4-16)10-9-17-12-27-21-11-19(26)6-7-20(17)21/h5-8,12-13,16H,3-4,9-11,14H2,1-2H3. The number of carbonyl (C=O) groups is 1. The summed E-state index contributed by atoms with van der Waals surface area (Å²) in [5.41, 5.74) is 4.15. The van der Waals surface area contributed by atoms with Crippen LogP contribution in [-0.2, 0) is 0 Å². The zero-order chi connectivity index (χ0) is 22.9. The number of carbonyl (C=O) groups excluding carboxylic acids is 1. The molecule has 170 valence electrons. The third-order valence-electron chi connectivity index (χ3n) is 6.06. The van der Waals surface area contributed by atoms with Gasteiger partial charge in [0.15, 0.2) is 0 Å². The third kappa shape index (κ3) is 4.66. The third-order valence-corrected chi connectivity index (χ3v) is 7.08. The average molecular weight is 465 g/mol. The molecule has 0 saturated heterocycles. The molecule has 0 spiro atoms. The van der Waals surface area contributed by atoms with Gasteiger partial charge in [0.2, 0.25) is 5.88 Å². The van der Waals surface area contributed by atoms with E-state index in [0.717, 1.165) is 51.7 Å². The summed E-state index contributed by atoms with van der Waals surface area (Å²) >= 11 is 1.50.